The van der Waals surface area contributed by atoms with Crippen molar-refractivity contribution in [2.75, 3.05) is 37.6 Å². The largest absolute Gasteiger partial charge is 0.504 e. The zero-order chi connectivity index (χ0) is 22.8. The summed E-state index contributed by atoms with van der Waals surface area (Å²) in [7, 11) is 0. The molecule has 8 nitrogen and oxygen atoms in total. The molecule has 0 unspecified atom stereocenters. The molecule has 33 heavy (non-hydrogen) atoms. The summed E-state index contributed by atoms with van der Waals surface area (Å²) >= 11 is 0. The van der Waals surface area contributed by atoms with Crippen LogP contribution in [0.15, 0.2) is 36.4 Å². The maximum atomic E-state index is 12.9. The van der Waals surface area contributed by atoms with Crippen LogP contribution in [0.1, 0.15) is 22.3 Å². The first-order valence-electron chi connectivity index (χ1n) is 9.44. The predicted molar refractivity (Wildman–Crippen MR) is 120 cm³/mol. The summed E-state index contributed by atoms with van der Waals surface area (Å²) in [6.07, 6.45) is -4.37. The van der Waals surface area contributed by atoms with Crippen LogP contribution >= 0.6 is 24.8 Å². The average molecular weight is 512 g/mol. The number of carbonyl (C=O) groups excluding carboxylic acids is 1. The second-order valence-corrected chi connectivity index (χ2v) is 7.17. The van der Waals surface area contributed by atoms with Crippen molar-refractivity contribution < 1.29 is 33.1 Å². The second-order valence-electron chi connectivity index (χ2n) is 7.17. The van der Waals surface area contributed by atoms with Gasteiger partial charge in [-0.3, -0.25) is 19.8 Å². The quantitative estimate of drug-likeness (QED) is 0.258. The molecular weight excluding hydrogens is 490 g/mol. The lowest BCUT2D eigenvalue weighted by atomic mass is 10.1. The molecular formula is C20H22Cl2F3N3O5. The zero-order valence-corrected chi connectivity index (χ0v) is 18.8. The predicted octanol–water partition coefficient (Wildman–Crippen LogP) is 4.26. The van der Waals surface area contributed by atoms with Gasteiger partial charge in [0.15, 0.2) is 11.5 Å². The Labute approximate surface area is 199 Å². The van der Waals surface area contributed by atoms with Crippen molar-refractivity contribution >= 4 is 42.0 Å². The van der Waals surface area contributed by atoms with Crippen molar-refractivity contribution in [3.05, 3.63) is 57.6 Å². The summed E-state index contributed by atoms with van der Waals surface area (Å²) < 4.78 is 38.7. The highest BCUT2D eigenvalue weighted by atomic mass is 35.5. The van der Waals surface area contributed by atoms with Gasteiger partial charge in [0.2, 0.25) is 5.75 Å². The van der Waals surface area contributed by atoms with Gasteiger partial charge in [-0.15, -0.1) is 24.8 Å². The number of Topliss-reactive ketones (excluding diaryl/α,β-unsaturated/α-hetero) is 1. The Bertz CT molecular complexity index is 999. The number of nitro groups is 1. The van der Waals surface area contributed by atoms with Crippen molar-refractivity contribution in [2.24, 2.45) is 0 Å². The molecule has 0 aliphatic carbocycles. The average Bonchev–Trinajstić information content (AvgIpc) is 2.73. The number of phenolic OH excluding ortho intramolecular Hbond substituents is 2. The zero-order valence-electron chi connectivity index (χ0n) is 17.1. The van der Waals surface area contributed by atoms with Crippen molar-refractivity contribution in [1.82, 2.24) is 4.90 Å². The van der Waals surface area contributed by atoms with E-state index in [2.05, 4.69) is 0 Å². The molecule has 2 aromatic carbocycles. The van der Waals surface area contributed by atoms with Crippen LogP contribution in [-0.4, -0.2) is 58.5 Å². The number of rotatable bonds is 6. The molecule has 182 valence electrons. The number of hydrogen-bond donors (Lipinski definition) is 2. The van der Waals surface area contributed by atoms with E-state index >= 15 is 0 Å². The fourth-order valence-corrected chi connectivity index (χ4v) is 3.42. The number of piperazine rings is 1. The van der Waals surface area contributed by atoms with Gasteiger partial charge in [0.25, 0.3) is 0 Å². The summed E-state index contributed by atoms with van der Waals surface area (Å²) in [6, 6.07) is 7.04. The number of nitro benzene ring substituents is 1. The number of alkyl halides is 3. The number of hydrogen-bond acceptors (Lipinski definition) is 7. The number of ketones is 1. The van der Waals surface area contributed by atoms with Gasteiger partial charge < -0.3 is 15.1 Å². The molecule has 0 spiro atoms. The number of aromatic hydroxyl groups is 2. The summed E-state index contributed by atoms with van der Waals surface area (Å²) in [5.41, 5.74) is -1.05. The van der Waals surface area contributed by atoms with Crippen molar-refractivity contribution in [3.8, 4) is 11.5 Å². The third kappa shape index (κ3) is 6.86. The monoisotopic (exact) mass is 511 g/mol. The van der Waals surface area contributed by atoms with Gasteiger partial charge in [-0.05, 0) is 24.3 Å². The Morgan fingerprint density at radius 3 is 2.27 bits per heavy atom. The van der Waals surface area contributed by atoms with E-state index in [0.717, 1.165) is 24.3 Å². The minimum atomic E-state index is -4.41. The Morgan fingerprint density at radius 1 is 1.06 bits per heavy atom. The van der Waals surface area contributed by atoms with Crippen LogP contribution in [0.25, 0.3) is 0 Å². The maximum Gasteiger partial charge on any atom is 0.416 e. The highest BCUT2D eigenvalue weighted by Gasteiger charge is 2.31. The standard InChI is InChI=1S/C20H20F3N3O5.2ClH/c21-20(22,23)14-2-1-3-15(12-14)25-8-6-24(7-9-25)5-4-17(27)13-10-16(26(30)31)19(29)18(28)11-13;;/h1-3,10-12,28-29H,4-9H2;2*1H. The van der Waals surface area contributed by atoms with Gasteiger partial charge in [-0.1, -0.05) is 6.07 Å². The molecule has 1 aliphatic rings. The van der Waals surface area contributed by atoms with E-state index in [9.17, 15) is 38.3 Å². The molecule has 1 aliphatic heterocycles. The van der Waals surface area contributed by atoms with E-state index < -0.39 is 39.6 Å². The first kappa shape index (κ1) is 28.3. The van der Waals surface area contributed by atoms with E-state index in [4.69, 9.17) is 0 Å². The molecule has 1 heterocycles. The van der Waals surface area contributed by atoms with E-state index in [1.807, 2.05) is 9.80 Å². The van der Waals surface area contributed by atoms with Gasteiger partial charge in [-0.25, -0.2) is 0 Å². The molecule has 0 bridgehead atoms. The molecule has 2 N–H and O–H groups in total. The highest BCUT2D eigenvalue weighted by molar-refractivity contribution is 5.97. The molecule has 0 amide bonds. The van der Waals surface area contributed by atoms with Crippen LogP contribution < -0.4 is 4.90 Å². The minimum absolute atomic E-state index is 0. The second kappa shape index (κ2) is 11.4. The molecule has 0 radical (unpaired) electrons. The van der Waals surface area contributed by atoms with Crippen LogP contribution in [0.4, 0.5) is 24.5 Å². The topological polar surface area (TPSA) is 107 Å². The third-order valence-corrected chi connectivity index (χ3v) is 5.15. The number of carbonyl (C=O) groups is 1. The highest BCUT2D eigenvalue weighted by Crippen LogP contribution is 2.36. The lowest BCUT2D eigenvalue weighted by Gasteiger charge is -2.36. The smallest absolute Gasteiger partial charge is 0.416 e. The molecule has 0 aromatic heterocycles. The molecule has 0 atom stereocenters. The first-order chi connectivity index (χ1) is 14.6. The van der Waals surface area contributed by atoms with Gasteiger partial charge in [0.05, 0.1) is 10.5 Å². The van der Waals surface area contributed by atoms with Gasteiger partial charge in [0.1, 0.15) is 0 Å². The van der Waals surface area contributed by atoms with Crippen molar-refractivity contribution in [3.63, 3.8) is 0 Å². The normalized spacial score (nSPS) is 14.2. The first-order valence-corrected chi connectivity index (χ1v) is 9.44. The van der Waals surface area contributed by atoms with Crippen LogP contribution in [0.5, 0.6) is 11.5 Å². The van der Waals surface area contributed by atoms with Gasteiger partial charge >= 0.3 is 11.9 Å². The maximum absolute atomic E-state index is 12.9. The van der Waals surface area contributed by atoms with Crippen molar-refractivity contribution in [1.29, 1.82) is 0 Å². The van der Waals surface area contributed by atoms with Crippen LogP contribution in [0, 0.1) is 10.1 Å². The van der Waals surface area contributed by atoms with Gasteiger partial charge in [-0.2, -0.15) is 13.2 Å². The lowest BCUT2D eigenvalue weighted by molar-refractivity contribution is -0.386. The summed E-state index contributed by atoms with van der Waals surface area (Å²) in [5, 5.41) is 30.0. The molecule has 2 aromatic rings. The minimum Gasteiger partial charge on any atom is -0.504 e. The van der Waals surface area contributed by atoms with E-state index in [1.54, 1.807) is 6.07 Å². The summed E-state index contributed by atoms with van der Waals surface area (Å²) in [4.78, 5) is 26.2. The number of halogens is 5. The number of anilines is 1. The number of benzene rings is 2. The summed E-state index contributed by atoms with van der Waals surface area (Å²) in [5.74, 6) is -2.07. The van der Waals surface area contributed by atoms with Gasteiger partial charge in [0, 0.05) is 56.5 Å². The molecule has 3 rings (SSSR count). The van der Waals surface area contributed by atoms with Crippen LogP contribution in [0.2, 0.25) is 0 Å². The Hall–Kier alpha value is -2.76. The van der Waals surface area contributed by atoms with Crippen LogP contribution in [0.3, 0.4) is 0 Å². The molecule has 1 fully saturated rings. The fourth-order valence-electron chi connectivity index (χ4n) is 3.42. The molecule has 13 heteroatoms. The van der Waals surface area contributed by atoms with Crippen LogP contribution in [-0.2, 0) is 6.18 Å². The Kier molecular flexibility index (Phi) is 9.76. The summed E-state index contributed by atoms with van der Waals surface area (Å²) in [6.45, 7) is 2.39. The Morgan fingerprint density at radius 2 is 1.70 bits per heavy atom. The molecule has 0 saturated carbocycles. The number of nitrogens with zero attached hydrogens (tertiary/aromatic N) is 3. The lowest BCUT2D eigenvalue weighted by Crippen LogP contribution is -2.47. The van der Waals surface area contributed by atoms with E-state index in [-0.39, 0.29) is 36.8 Å². The number of phenols is 2. The molecule has 1 saturated heterocycles. The van der Waals surface area contributed by atoms with E-state index in [1.165, 1.54) is 6.07 Å². The van der Waals surface area contributed by atoms with Crippen molar-refractivity contribution in [2.45, 2.75) is 12.6 Å². The fraction of sp³-hybridized carbons (Fsp3) is 0.350. The van der Waals surface area contributed by atoms with E-state index in [0.29, 0.717) is 38.4 Å². The third-order valence-electron chi connectivity index (χ3n) is 5.15. The SMILES string of the molecule is Cl.Cl.O=C(CCN1CCN(c2cccc(C(F)(F)F)c2)CC1)c1cc(O)c(O)c([N+](=O)[O-])c1. The Balaban J connectivity index is 0.00000272.